The summed E-state index contributed by atoms with van der Waals surface area (Å²) in [4.78, 5) is 34.7. The van der Waals surface area contributed by atoms with Crippen LogP contribution in [0.15, 0.2) is 72.9 Å². The Morgan fingerprint density at radius 3 is 1.71 bits per heavy atom. The van der Waals surface area contributed by atoms with Crippen molar-refractivity contribution in [2.75, 3.05) is 26.4 Å². The fraction of sp³-hybridized carbons (Fsp3) is 0.641. The van der Waals surface area contributed by atoms with Crippen LogP contribution in [0.25, 0.3) is 0 Å². The van der Waals surface area contributed by atoms with Gasteiger partial charge in [-0.1, -0.05) is 112 Å². The van der Waals surface area contributed by atoms with E-state index in [1.54, 1.807) is 0 Å². The van der Waals surface area contributed by atoms with E-state index in [4.69, 9.17) is 24.3 Å². The summed E-state index contributed by atoms with van der Waals surface area (Å²) in [5.41, 5.74) is 5.32. The molecular formula is C39H66NO8P. The third-order valence-corrected chi connectivity index (χ3v) is 8.04. The van der Waals surface area contributed by atoms with Crippen LogP contribution in [-0.4, -0.2) is 49.3 Å². The number of phosphoric ester groups is 1. The molecule has 9 nitrogen and oxygen atoms in total. The third kappa shape index (κ3) is 35.1. The lowest BCUT2D eigenvalue weighted by atomic mass is 10.1. The maximum Gasteiger partial charge on any atom is 0.472 e. The molecule has 0 radical (unpaired) electrons. The fourth-order valence-corrected chi connectivity index (χ4v) is 5.13. The molecule has 0 aliphatic rings. The van der Waals surface area contributed by atoms with Crippen molar-refractivity contribution in [2.24, 2.45) is 5.73 Å². The Morgan fingerprint density at radius 2 is 1.12 bits per heavy atom. The smallest absolute Gasteiger partial charge is 0.462 e. The summed E-state index contributed by atoms with van der Waals surface area (Å²) in [5.74, 6) is -0.905. The zero-order chi connectivity index (χ0) is 36.1. The molecule has 0 aromatic heterocycles. The highest BCUT2D eigenvalue weighted by atomic mass is 31.2. The average molecular weight is 708 g/mol. The Balaban J connectivity index is 4.37. The van der Waals surface area contributed by atoms with Gasteiger partial charge in [-0.3, -0.25) is 18.6 Å². The molecule has 0 saturated heterocycles. The van der Waals surface area contributed by atoms with Crippen molar-refractivity contribution in [1.29, 1.82) is 0 Å². The number of carbonyl (C=O) groups is 2. The van der Waals surface area contributed by atoms with E-state index in [-0.39, 0.29) is 32.6 Å². The molecule has 2 atom stereocenters. The number of phosphoric acid groups is 1. The molecule has 0 amide bonds. The van der Waals surface area contributed by atoms with Gasteiger partial charge < -0.3 is 20.1 Å². The maximum absolute atomic E-state index is 12.5. The van der Waals surface area contributed by atoms with Crippen LogP contribution >= 0.6 is 7.82 Å². The van der Waals surface area contributed by atoms with Gasteiger partial charge in [-0.05, 0) is 77.0 Å². The van der Waals surface area contributed by atoms with Crippen molar-refractivity contribution in [2.45, 2.75) is 136 Å². The predicted molar refractivity (Wildman–Crippen MR) is 201 cm³/mol. The van der Waals surface area contributed by atoms with Crippen LogP contribution < -0.4 is 5.73 Å². The molecule has 0 heterocycles. The topological polar surface area (TPSA) is 134 Å². The first kappa shape index (κ1) is 46.5. The minimum absolute atomic E-state index is 0.0406. The second-order valence-corrected chi connectivity index (χ2v) is 13.2. The first-order valence-electron chi connectivity index (χ1n) is 18.4. The second kappa shape index (κ2) is 35.3. The molecule has 280 valence electrons. The zero-order valence-corrected chi connectivity index (χ0v) is 31.3. The van der Waals surface area contributed by atoms with E-state index < -0.39 is 32.5 Å². The standard InChI is InChI=1S/C39H66NO8P/c1-3-5-7-9-11-13-15-17-18-20-22-24-26-28-30-32-39(42)48-37(36-47-49(43,44)46-34-33-40)35-45-38(41)31-29-27-25-23-21-19-16-14-12-10-8-6-4-2/h5,7-8,10-11,13-14,16-18,22,24,37H,3-4,6,9,12,15,19-21,23,25-36,40H2,1-2H3,(H,43,44)/b7-5-,10-8-,13-11-,16-14-,18-17-,24-22-. The Morgan fingerprint density at radius 1 is 0.633 bits per heavy atom. The van der Waals surface area contributed by atoms with Crippen molar-refractivity contribution >= 4 is 19.8 Å². The number of unbranched alkanes of at least 4 members (excludes halogenated alkanes) is 8. The number of hydrogen-bond donors (Lipinski definition) is 2. The lowest BCUT2D eigenvalue weighted by Gasteiger charge is -2.19. The van der Waals surface area contributed by atoms with E-state index in [2.05, 4.69) is 86.8 Å². The minimum atomic E-state index is -4.39. The Bertz CT molecular complexity index is 1030. The average Bonchev–Trinajstić information content (AvgIpc) is 3.08. The summed E-state index contributed by atoms with van der Waals surface area (Å²) in [6.07, 6.45) is 40.8. The summed E-state index contributed by atoms with van der Waals surface area (Å²) in [6.45, 7) is 3.45. The van der Waals surface area contributed by atoms with Gasteiger partial charge in [0.1, 0.15) is 6.61 Å². The summed E-state index contributed by atoms with van der Waals surface area (Å²) in [6, 6.07) is 0. The number of carbonyl (C=O) groups excluding carboxylic acids is 2. The first-order valence-corrected chi connectivity index (χ1v) is 19.9. The van der Waals surface area contributed by atoms with Crippen LogP contribution in [0, 0.1) is 0 Å². The van der Waals surface area contributed by atoms with Crippen LogP contribution in [0.4, 0.5) is 0 Å². The summed E-state index contributed by atoms with van der Waals surface area (Å²) < 4.78 is 32.6. The van der Waals surface area contributed by atoms with Gasteiger partial charge in [-0.2, -0.15) is 0 Å². The minimum Gasteiger partial charge on any atom is -0.462 e. The van der Waals surface area contributed by atoms with Gasteiger partial charge in [-0.25, -0.2) is 4.57 Å². The highest BCUT2D eigenvalue weighted by Crippen LogP contribution is 2.43. The summed E-state index contributed by atoms with van der Waals surface area (Å²) in [5, 5.41) is 0. The molecule has 0 saturated carbocycles. The molecule has 0 spiro atoms. The number of nitrogens with two attached hydrogens (primary N) is 1. The third-order valence-electron chi connectivity index (χ3n) is 7.06. The summed E-state index contributed by atoms with van der Waals surface area (Å²) in [7, 11) is -4.39. The predicted octanol–water partition coefficient (Wildman–Crippen LogP) is 9.93. The van der Waals surface area contributed by atoms with E-state index in [9.17, 15) is 19.0 Å². The van der Waals surface area contributed by atoms with Crippen LogP contribution in [-0.2, 0) is 32.7 Å². The Kier molecular flexibility index (Phi) is 33.4. The van der Waals surface area contributed by atoms with Crippen LogP contribution in [0.3, 0.4) is 0 Å². The Hall–Kier alpha value is -2.55. The van der Waals surface area contributed by atoms with E-state index in [1.807, 2.05) is 0 Å². The largest absolute Gasteiger partial charge is 0.472 e. The monoisotopic (exact) mass is 707 g/mol. The van der Waals surface area contributed by atoms with Crippen molar-refractivity contribution in [1.82, 2.24) is 0 Å². The maximum atomic E-state index is 12.5. The second-order valence-electron chi connectivity index (χ2n) is 11.7. The molecule has 49 heavy (non-hydrogen) atoms. The first-order chi connectivity index (χ1) is 23.8. The van der Waals surface area contributed by atoms with Crippen LogP contribution in [0.5, 0.6) is 0 Å². The van der Waals surface area contributed by atoms with Gasteiger partial charge in [-0.15, -0.1) is 0 Å². The van der Waals surface area contributed by atoms with Gasteiger partial charge in [0, 0.05) is 19.4 Å². The lowest BCUT2D eigenvalue weighted by molar-refractivity contribution is -0.161. The number of allylic oxidation sites excluding steroid dienone is 12. The molecule has 0 aliphatic carbocycles. The van der Waals surface area contributed by atoms with E-state index in [1.165, 1.54) is 6.42 Å². The highest BCUT2D eigenvalue weighted by Gasteiger charge is 2.25. The molecule has 3 N–H and O–H groups in total. The van der Waals surface area contributed by atoms with Gasteiger partial charge in [0.25, 0.3) is 0 Å². The lowest BCUT2D eigenvalue weighted by Crippen LogP contribution is -2.29. The summed E-state index contributed by atoms with van der Waals surface area (Å²) >= 11 is 0. The van der Waals surface area contributed by atoms with Crippen LogP contribution in [0.2, 0.25) is 0 Å². The molecule has 0 aromatic rings. The van der Waals surface area contributed by atoms with Crippen LogP contribution in [0.1, 0.15) is 129 Å². The molecule has 0 rings (SSSR count). The van der Waals surface area contributed by atoms with E-state index >= 15 is 0 Å². The molecule has 0 fully saturated rings. The zero-order valence-electron chi connectivity index (χ0n) is 30.4. The number of esters is 2. The van der Waals surface area contributed by atoms with Crippen molar-refractivity contribution < 1.29 is 37.6 Å². The van der Waals surface area contributed by atoms with Gasteiger partial charge in [0.15, 0.2) is 6.10 Å². The molecule has 0 aromatic carbocycles. The normalized spacial score (nSPS) is 14.3. The molecule has 0 aliphatic heterocycles. The van der Waals surface area contributed by atoms with Crippen molar-refractivity contribution in [3.63, 3.8) is 0 Å². The SMILES string of the molecule is CC/C=C\C/C=C\C/C=C\C/C=C\CCCCC(=O)OC(COC(=O)CCCCCCC/C=C\C/C=C\CCC)COP(=O)(O)OCCN. The molecule has 10 heteroatoms. The number of rotatable bonds is 33. The van der Waals surface area contributed by atoms with Crippen molar-refractivity contribution in [3.05, 3.63) is 72.9 Å². The molecule has 2 unspecified atom stereocenters. The highest BCUT2D eigenvalue weighted by molar-refractivity contribution is 7.47. The number of ether oxygens (including phenoxy) is 2. The van der Waals surface area contributed by atoms with E-state index in [0.717, 1.165) is 83.5 Å². The van der Waals surface area contributed by atoms with E-state index in [0.29, 0.717) is 12.8 Å². The fourth-order valence-electron chi connectivity index (χ4n) is 4.37. The van der Waals surface area contributed by atoms with Gasteiger partial charge in [0.2, 0.25) is 0 Å². The number of hydrogen-bond acceptors (Lipinski definition) is 8. The van der Waals surface area contributed by atoms with Crippen molar-refractivity contribution in [3.8, 4) is 0 Å². The quantitative estimate of drug-likeness (QED) is 0.0296. The Labute approximate surface area is 297 Å². The van der Waals surface area contributed by atoms with Gasteiger partial charge >= 0.3 is 19.8 Å². The molecular weight excluding hydrogens is 641 g/mol. The van der Waals surface area contributed by atoms with Gasteiger partial charge in [0.05, 0.1) is 13.2 Å². The molecule has 0 bridgehead atoms.